The van der Waals surface area contributed by atoms with Gasteiger partial charge in [-0.3, -0.25) is 4.98 Å². The van der Waals surface area contributed by atoms with Crippen molar-refractivity contribution >= 4 is 43.6 Å². The minimum absolute atomic E-state index is 0.572. The number of nitrogens with zero attached hydrogens (tertiary/aromatic N) is 4. The monoisotopic (exact) mass is 576 g/mol. The van der Waals surface area contributed by atoms with Crippen LogP contribution in [0.3, 0.4) is 0 Å². The van der Waals surface area contributed by atoms with Gasteiger partial charge in [0.1, 0.15) is 11.2 Å². The van der Waals surface area contributed by atoms with E-state index in [1.54, 1.807) is 6.20 Å². The minimum Gasteiger partial charge on any atom is -0.456 e. The number of aromatic nitrogens is 4. The summed E-state index contributed by atoms with van der Waals surface area (Å²) in [5, 5.41) is 5.33. The summed E-state index contributed by atoms with van der Waals surface area (Å²) in [5.74, 6) is 1.75. The van der Waals surface area contributed by atoms with Crippen LogP contribution in [0.4, 0.5) is 0 Å². The average Bonchev–Trinajstić information content (AvgIpc) is 3.50. The molecule has 0 N–H and O–H groups in total. The van der Waals surface area contributed by atoms with E-state index in [0.717, 1.165) is 54.9 Å². The second-order valence-electron chi connectivity index (χ2n) is 11.1. The van der Waals surface area contributed by atoms with Crippen LogP contribution >= 0.6 is 0 Å². The quantitative estimate of drug-likeness (QED) is 0.209. The van der Waals surface area contributed by atoms with E-state index in [-0.39, 0.29) is 0 Å². The van der Waals surface area contributed by atoms with Gasteiger partial charge >= 0.3 is 0 Å². The summed E-state index contributed by atoms with van der Waals surface area (Å²) in [6.45, 7) is 0. The molecule has 9 aromatic rings. The largest absolute Gasteiger partial charge is 0.456 e. The van der Waals surface area contributed by atoms with Gasteiger partial charge in [0.15, 0.2) is 17.5 Å². The second kappa shape index (κ2) is 10.2. The van der Waals surface area contributed by atoms with Crippen LogP contribution in [0.15, 0.2) is 150 Å². The van der Waals surface area contributed by atoms with Crippen LogP contribution in [0.2, 0.25) is 0 Å². The molecule has 0 spiro atoms. The van der Waals surface area contributed by atoms with E-state index in [2.05, 4.69) is 84.9 Å². The van der Waals surface area contributed by atoms with Gasteiger partial charge in [-0.2, -0.15) is 0 Å². The van der Waals surface area contributed by atoms with Crippen LogP contribution in [-0.4, -0.2) is 19.9 Å². The van der Waals surface area contributed by atoms with E-state index in [9.17, 15) is 0 Å². The molecule has 9 rings (SSSR count). The Morgan fingerprint density at radius 2 is 1.11 bits per heavy atom. The number of hydrogen-bond donors (Lipinski definition) is 0. The molecule has 0 atom stereocenters. The first-order valence-electron chi connectivity index (χ1n) is 14.9. The zero-order valence-electron chi connectivity index (χ0n) is 24.1. The van der Waals surface area contributed by atoms with E-state index in [1.165, 1.54) is 16.5 Å². The van der Waals surface area contributed by atoms with Crippen molar-refractivity contribution in [2.24, 2.45) is 0 Å². The highest BCUT2D eigenvalue weighted by molar-refractivity contribution is 6.12. The number of hydrogen-bond acceptors (Lipinski definition) is 5. The topological polar surface area (TPSA) is 64.7 Å². The molecular formula is C40H24N4O. The molecule has 0 aliphatic carbocycles. The second-order valence-corrected chi connectivity index (χ2v) is 11.1. The third kappa shape index (κ3) is 4.25. The molecule has 3 aromatic heterocycles. The lowest BCUT2D eigenvalue weighted by atomic mass is 9.97. The standard InChI is InChI=1S/C40H24N4O/c1-2-10-25(11-3-1)29-16-7-13-27-24-28(21-22-30(27)29)38-42-39(32-17-8-20-35-36(32)31-15-4-5-19-34(31)45-35)44-40(43-38)33-18-6-12-26-14-9-23-41-37(26)33/h1-24H. The molecule has 5 heteroatoms. The SMILES string of the molecule is c1ccc(-c2cccc3cc(-c4nc(-c5cccc6cccnc56)nc(-c5cccc6oc7ccccc7c56)n4)ccc23)cc1. The van der Waals surface area contributed by atoms with Crippen LogP contribution < -0.4 is 0 Å². The molecule has 0 saturated heterocycles. The van der Waals surface area contributed by atoms with Crippen molar-refractivity contribution in [2.75, 3.05) is 0 Å². The first kappa shape index (κ1) is 25.3. The Bertz CT molecular complexity index is 2550. The van der Waals surface area contributed by atoms with Crippen LogP contribution in [0.1, 0.15) is 0 Å². The summed E-state index contributed by atoms with van der Waals surface area (Å²) in [6, 6.07) is 47.5. The fourth-order valence-electron chi connectivity index (χ4n) is 6.28. The fraction of sp³-hybridized carbons (Fsp3) is 0. The normalized spacial score (nSPS) is 11.6. The van der Waals surface area contributed by atoms with E-state index >= 15 is 0 Å². The molecule has 0 aliphatic rings. The van der Waals surface area contributed by atoms with Gasteiger partial charge in [0.25, 0.3) is 0 Å². The molecule has 0 amide bonds. The summed E-state index contributed by atoms with van der Waals surface area (Å²) in [6.07, 6.45) is 1.81. The average molecular weight is 577 g/mol. The van der Waals surface area contributed by atoms with Gasteiger partial charge in [0.05, 0.1) is 5.52 Å². The number of para-hydroxylation sites is 2. The Hall–Kier alpha value is -6.20. The van der Waals surface area contributed by atoms with Crippen molar-refractivity contribution in [3.8, 4) is 45.3 Å². The Morgan fingerprint density at radius 3 is 2.02 bits per heavy atom. The predicted octanol–water partition coefficient (Wildman–Crippen LogP) is 10.1. The smallest absolute Gasteiger partial charge is 0.166 e. The number of fused-ring (bicyclic) bond motifs is 5. The summed E-state index contributed by atoms with van der Waals surface area (Å²) < 4.78 is 6.22. The highest BCUT2D eigenvalue weighted by Crippen LogP contribution is 2.37. The molecule has 210 valence electrons. The predicted molar refractivity (Wildman–Crippen MR) is 182 cm³/mol. The Balaban J connectivity index is 1.30. The lowest BCUT2D eigenvalue weighted by Crippen LogP contribution is -2.01. The van der Waals surface area contributed by atoms with E-state index in [4.69, 9.17) is 24.4 Å². The molecule has 0 fully saturated rings. The van der Waals surface area contributed by atoms with Gasteiger partial charge in [-0.1, -0.05) is 109 Å². The Morgan fingerprint density at radius 1 is 0.422 bits per heavy atom. The third-order valence-corrected chi connectivity index (χ3v) is 8.38. The molecule has 0 unspecified atom stereocenters. The zero-order valence-corrected chi connectivity index (χ0v) is 24.1. The third-order valence-electron chi connectivity index (χ3n) is 8.38. The summed E-state index contributed by atoms with van der Waals surface area (Å²) >= 11 is 0. The van der Waals surface area contributed by atoms with Gasteiger partial charge in [0.2, 0.25) is 0 Å². The van der Waals surface area contributed by atoms with Crippen molar-refractivity contribution in [2.45, 2.75) is 0 Å². The number of furan rings is 1. The molecule has 0 aliphatic heterocycles. The lowest BCUT2D eigenvalue weighted by Gasteiger charge is -2.12. The molecule has 3 heterocycles. The van der Waals surface area contributed by atoms with Crippen molar-refractivity contribution in [1.29, 1.82) is 0 Å². The van der Waals surface area contributed by atoms with E-state index in [0.29, 0.717) is 17.5 Å². The minimum atomic E-state index is 0.572. The Kier molecular flexibility index (Phi) is 5.74. The van der Waals surface area contributed by atoms with Gasteiger partial charge in [-0.05, 0) is 52.2 Å². The van der Waals surface area contributed by atoms with Crippen molar-refractivity contribution in [3.63, 3.8) is 0 Å². The molecule has 6 aromatic carbocycles. The first-order chi connectivity index (χ1) is 22.3. The van der Waals surface area contributed by atoms with E-state index in [1.807, 2.05) is 54.6 Å². The van der Waals surface area contributed by atoms with Crippen molar-refractivity contribution in [3.05, 3.63) is 146 Å². The van der Waals surface area contributed by atoms with Crippen LogP contribution in [0.25, 0.3) is 88.9 Å². The first-order valence-corrected chi connectivity index (χ1v) is 14.9. The highest BCUT2D eigenvalue weighted by Gasteiger charge is 2.19. The fourth-order valence-corrected chi connectivity index (χ4v) is 6.28. The van der Waals surface area contributed by atoms with Crippen LogP contribution in [-0.2, 0) is 0 Å². The van der Waals surface area contributed by atoms with Gasteiger partial charge in [-0.15, -0.1) is 0 Å². The number of rotatable bonds is 4. The maximum atomic E-state index is 6.22. The highest BCUT2D eigenvalue weighted by atomic mass is 16.3. The van der Waals surface area contributed by atoms with Crippen molar-refractivity contribution in [1.82, 2.24) is 19.9 Å². The molecule has 0 saturated carbocycles. The molecule has 45 heavy (non-hydrogen) atoms. The maximum Gasteiger partial charge on any atom is 0.166 e. The molecular weight excluding hydrogens is 552 g/mol. The summed E-state index contributed by atoms with van der Waals surface area (Å²) in [7, 11) is 0. The zero-order chi connectivity index (χ0) is 29.7. The summed E-state index contributed by atoms with van der Waals surface area (Å²) in [5.41, 5.74) is 7.51. The molecule has 5 nitrogen and oxygen atoms in total. The number of pyridine rings is 1. The maximum absolute atomic E-state index is 6.22. The van der Waals surface area contributed by atoms with Gasteiger partial charge in [-0.25, -0.2) is 15.0 Å². The van der Waals surface area contributed by atoms with E-state index < -0.39 is 0 Å². The van der Waals surface area contributed by atoms with Gasteiger partial charge < -0.3 is 4.42 Å². The summed E-state index contributed by atoms with van der Waals surface area (Å²) in [4.78, 5) is 20.0. The molecule has 0 bridgehead atoms. The van der Waals surface area contributed by atoms with Crippen LogP contribution in [0.5, 0.6) is 0 Å². The van der Waals surface area contributed by atoms with Gasteiger partial charge in [0, 0.05) is 39.0 Å². The van der Waals surface area contributed by atoms with Crippen LogP contribution in [0, 0.1) is 0 Å². The number of benzene rings is 6. The molecule has 0 radical (unpaired) electrons. The van der Waals surface area contributed by atoms with Crippen molar-refractivity contribution < 1.29 is 4.42 Å². The Labute approximate surface area is 258 Å². The lowest BCUT2D eigenvalue weighted by molar-refractivity contribution is 0.669.